The number of halogens is 1. The zero-order valence-electron chi connectivity index (χ0n) is 10.6. The van der Waals surface area contributed by atoms with Gasteiger partial charge in [-0.25, -0.2) is 8.42 Å². The monoisotopic (exact) mass is 297 g/mol. The van der Waals surface area contributed by atoms with Crippen molar-refractivity contribution < 1.29 is 8.42 Å². The van der Waals surface area contributed by atoms with Crippen LogP contribution in [0.1, 0.15) is 24.8 Å². The van der Waals surface area contributed by atoms with Crippen LogP contribution in [0.5, 0.6) is 0 Å². The molecule has 3 nitrogen and oxygen atoms in total. The Balaban J connectivity index is 2.16. The third-order valence-electron chi connectivity index (χ3n) is 3.72. The minimum atomic E-state index is -3.20. The third-order valence-corrected chi connectivity index (χ3v) is 5.76. The Kier molecular flexibility index (Phi) is 3.31. The van der Waals surface area contributed by atoms with Crippen molar-refractivity contribution in [3.8, 4) is 0 Å². The van der Waals surface area contributed by atoms with Gasteiger partial charge in [0.1, 0.15) is 0 Å². The van der Waals surface area contributed by atoms with Crippen LogP contribution in [0.4, 0.5) is 0 Å². The predicted octanol–water partition coefficient (Wildman–Crippen LogP) is 2.95. The zero-order valence-corrected chi connectivity index (χ0v) is 12.2. The molecule has 0 amide bonds. The molecule has 0 atom stereocenters. The summed E-state index contributed by atoms with van der Waals surface area (Å²) < 4.78 is 24.5. The molecule has 0 unspecified atom stereocenters. The van der Waals surface area contributed by atoms with Gasteiger partial charge in [0.2, 0.25) is 0 Å². The van der Waals surface area contributed by atoms with Gasteiger partial charge in [0, 0.05) is 29.4 Å². The fraction of sp³-hybridized carbons (Fsp3) is 0.429. The lowest BCUT2D eigenvalue weighted by atomic mass is 10.1. The number of allylic oxidation sites excluding steroid dienone is 1. The molecule has 0 saturated carbocycles. The molecule has 2 heterocycles. The first-order chi connectivity index (χ1) is 9.08. The normalized spacial score (nSPS) is 21.7. The lowest BCUT2D eigenvalue weighted by Gasteiger charge is -2.22. The molecular weight excluding hydrogens is 282 g/mol. The highest BCUT2D eigenvalue weighted by Crippen LogP contribution is 2.34. The molecule has 1 fully saturated rings. The van der Waals surface area contributed by atoms with Crippen LogP contribution in [0, 0.1) is 0 Å². The smallest absolute Gasteiger partial charge is 0.179 e. The maximum atomic E-state index is 12.3. The van der Waals surface area contributed by atoms with Gasteiger partial charge in [0.15, 0.2) is 9.84 Å². The summed E-state index contributed by atoms with van der Waals surface area (Å²) in [5, 5.41) is 0.584. The number of nitrogens with zero attached hydrogens (tertiary/aromatic N) is 1. The largest absolute Gasteiger partial charge is 0.371 e. The van der Waals surface area contributed by atoms with Crippen molar-refractivity contribution in [3.63, 3.8) is 0 Å². The lowest BCUT2D eigenvalue weighted by Crippen LogP contribution is -2.18. The summed E-state index contributed by atoms with van der Waals surface area (Å²) in [6.07, 6.45) is 4.95. The molecule has 1 aromatic rings. The summed E-state index contributed by atoms with van der Waals surface area (Å²) in [6, 6.07) is 5.08. The van der Waals surface area contributed by atoms with Gasteiger partial charge in [0.05, 0.1) is 10.6 Å². The van der Waals surface area contributed by atoms with Crippen LogP contribution in [0.15, 0.2) is 29.2 Å². The number of fused-ring (bicyclic) bond motifs is 1. The minimum absolute atomic E-state index is 0.180. The first-order valence-electron chi connectivity index (χ1n) is 6.56. The molecular formula is C14H16ClNO2S. The van der Waals surface area contributed by atoms with Crippen molar-refractivity contribution in [1.29, 1.82) is 0 Å². The Morgan fingerprint density at radius 3 is 2.63 bits per heavy atom. The molecule has 19 heavy (non-hydrogen) atoms. The van der Waals surface area contributed by atoms with E-state index in [-0.39, 0.29) is 5.75 Å². The van der Waals surface area contributed by atoms with E-state index in [1.165, 1.54) is 12.8 Å². The number of benzene rings is 1. The molecule has 2 aliphatic rings. The first-order valence-corrected chi connectivity index (χ1v) is 8.59. The van der Waals surface area contributed by atoms with Crippen molar-refractivity contribution in [2.45, 2.75) is 24.2 Å². The molecule has 5 heteroatoms. The van der Waals surface area contributed by atoms with Crippen LogP contribution < -0.4 is 0 Å². The van der Waals surface area contributed by atoms with E-state index in [2.05, 4.69) is 4.90 Å². The van der Waals surface area contributed by atoms with Crippen LogP contribution in [0.3, 0.4) is 0 Å². The Hall–Kier alpha value is -1.00. The summed E-state index contributed by atoms with van der Waals surface area (Å²) >= 11 is 6.05. The van der Waals surface area contributed by atoms with Gasteiger partial charge in [-0.15, -0.1) is 0 Å². The number of hydrogen-bond donors (Lipinski definition) is 0. The van der Waals surface area contributed by atoms with Gasteiger partial charge in [0.25, 0.3) is 0 Å². The second kappa shape index (κ2) is 4.84. The van der Waals surface area contributed by atoms with E-state index in [1.807, 2.05) is 6.08 Å². The van der Waals surface area contributed by atoms with E-state index in [9.17, 15) is 8.42 Å². The second-order valence-corrected chi connectivity index (χ2v) is 7.55. The van der Waals surface area contributed by atoms with Gasteiger partial charge in [-0.3, -0.25) is 0 Å². The summed E-state index contributed by atoms with van der Waals surface area (Å²) in [5.74, 6) is 0.180. The van der Waals surface area contributed by atoms with Crippen molar-refractivity contribution in [2.75, 3.05) is 18.8 Å². The SMILES string of the molecule is O=S1(=O)CCC=C(N2CCCC2)c2cc(Cl)ccc21. The van der Waals surface area contributed by atoms with Crippen LogP contribution >= 0.6 is 11.6 Å². The first kappa shape index (κ1) is 13.0. The zero-order chi connectivity index (χ0) is 13.5. The van der Waals surface area contributed by atoms with Crippen LogP contribution in [0.2, 0.25) is 5.02 Å². The average Bonchev–Trinajstić information content (AvgIpc) is 2.83. The molecule has 0 bridgehead atoms. The maximum Gasteiger partial charge on any atom is 0.179 e. The van der Waals surface area contributed by atoms with Gasteiger partial charge in [-0.1, -0.05) is 17.7 Å². The van der Waals surface area contributed by atoms with Crippen molar-refractivity contribution in [2.24, 2.45) is 0 Å². The topological polar surface area (TPSA) is 37.4 Å². The number of rotatable bonds is 1. The highest BCUT2D eigenvalue weighted by molar-refractivity contribution is 7.91. The van der Waals surface area contributed by atoms with Crippen molar-refractivity contribution in [1.82, 2.24) is 4.90 Å². The van der Waals surface area contributed by atoms with Gasteiger partial charge < -0.3 is 4.90 Å². The molecule has 1 saturated heterocycles. The van der Waals surface area contributed by atoms with Gasteiger partial charge in [-0.05, 0) is 37.5 Å². The second-order valence-electron chi connectivity index (χ2n) is 5.03. The lowest BCUT2D eigenvalue weighted by molar-refractivity contribution is 0.491. The average molecular weight is 298 g/mol. The molecule has 0 radical (unpaired) electrons. The van der Waals surface area contributed by atoms with Crippen LogP contribution in [0.25, 0.3) is 5.70 Å². The quantitative estimate of drug-likeness (QED) is 0.800. The Morgan fingerprint density at radius 1 is 1.16 bits per heavy atom. The van der Waals surface area contributed by atoms with Crippen LogP contribution in [-0.2, 0) is 9.84 Å². The van der Waals surface area contributed by atoms with E-state index in [4.69, 9.17) is 11.6 Å². The third kappa shape index (κ3) is 2.39. The number of sulfone groups is 1. The Bertz CT molecular complexity index is 631. The van der Waals surface area contributed by atoms with Gasteiger partial charge in [-0.2, -0.15) is 0 Å². The highest BCUT2D eigenvalue weighted by atomic mass is 35.5. The standard InChI is InChI=1S/C14H16ClNO2S/c15-11-5-6-14-12(10-11)13(16-7-1-2-8-16)4-3-9-19(14,17)18/h4-6,10H,1-3,7-9H2. The summed E-state index contributed by atoms with van der Waals surface area (Å²) in [5.41, 5.74) is 1.81. The molecule has 1 aromatic carbocycles. The molecule has 0 spiro atoms. The molecule has 0 aromatic heterocycles. The molecule has 3 rings (SSSR count). The number of hydrogen-bond acceptors (Lipinski definition) is 3. The molecule has 2 aliphatic heterocycles. The molecule has 0 aliphatic carbocycles. The van der Waals surface area contributed by atoms with E-state index in [1.54, 1.807) is 18.2 Å². The fourth-order valence-corrected chi connectivity index (χ4v) is 4.40. The minimum Gasteiger partial charge on any atom is -0.371 e. The van der Waals surface area contributed by atoms with E-state index >= 15 is 0 Å². The summed E-state index contributed by atoms with van der Waals surface area (Å²) in [4.78, 5) is 2.70. The Morgan fingerprint density at radius 2 is 1.89 bits per heavy atom. The summed E-state index contributed by atoms with van der Waals surface area (Å²) in [7, 11) is -3.20. The van der Waals surface area contributed by atoms with E-state index < -0.39 is 9.84 Å². The van der Waals surface area contributed by atoms with Gasteiger partial charge >= 0.3 is 0 Å². The maximum absolute atomic E-state index is 12.3. The van der Waals surface area contributed by atoms with Crippen LogP contribution in [-0.4, -0.2) is 32.2 Å². The fourth-order valence-electron chi connectivity index (χ4n) is 2.80. The molecule has 102 valence electrons. The van der Waals surface area contributed by atoms with E-state index in [0.717, 1.165) is 24.4 Å². The summed E-state index contributed by atoms with van der Waals surface area (Å²) in [6.45, 7) is 2.00. The molecule has 0 N–H and O–H groups in total. The Labute approximate surface area is 118 Å². The number of likely N-dealkylation sites (tertiary alicyclic amines) is 1. The predicted molar refractivity (Wildman–Crippen MR) is 76.9 cm³/mol. The van der Waals surface area contributed by atoms with Crippen molar-refractivity contribution >= 4 is 27.1 Å². The highest BCUT2D eigenvalue weighted by Gasteiger charge is 2.27. The van der Waals surface area contributed by atoms with Crippen molar-refractivity contribution in [3.05, 3.63) is 34.9 Å². The van der Waals surface area contributed by atoms with E-state index in [0.29, 0.717) is 16.3 Å².